The van der Waals surface area contributed by atoms with E-state index in [1.54, 1.807) is 0 Å². The maximum absolute atomic E-state index is 6.36. The van der Waals surface area contributed by atoms with Crippen molar-refractivity contribution in [3.63, 3.8) is 0 Å². The van der Waals surface area contributed by atoms with Crippen molar-refractivity contribution in [3.05, 3.63) is 0 Å². The SMILES string of the molecule is CCOC(OCC)C1C(C2C(C)C2(Cl)Cl)C1(Cl)Cl. The Morgan fingerprint density at radius 3 is 1.72 bits per heavy atom. The van der Waals surface area contributed by atoms with Gasteiger partial charge in [0.05, 0.1) is 0 Å². The highest BCUT2D eigenvalue weighted by Crippen LogP contribution is 2.76. The van der Waals surface area contributed by atoms with E-state index in [4.69, 9.17) is 55.9 Å². The molecule has 2 nitrogen and oxygen atoms in total. The van der Waals surface area contributed by atoms with Crippen molar-refractivity contribution < 1.29 is 9.47 Å². The minimum Gasteiger partial charge on any atom is -0.353 e. The van der Waals surface area contributed by atoms with Crippen molar-refractivity contribution in [1.82, 2.24) is 0 Å². The van der Waals surface area contributed by atoms with Crippen molar-refractivity contribution in [2.45, 2.75) is 35.7 Å². The summed E-state index contributed by atoms with van der Waals surface area (Å²) in [6, 6.07) is 0. The van der Waals surface area contributed by atoms with Gasteiger partial charge in [0.25, 0.3) is 0 Å². The third-order valence-electron chi connectivity index (χ3n) is 3.99. The summed E-state index contributed by atoms with van der Waals surface area (Å²) in [4.78, 5) is 0. The summed E-state index contributed by atoms with van der Waals surface area (Å²) in [7, 11) is 0. The van der Waals surface area contributed by atoms with E-state index >= 15 is 0 Å². The second-order valence-electron chi connectivity index (χ2n) is 4.99. The van der Waals surface area contributed by atoms with Crippen LogP contribution in [-0.4, -0.2) is 28.2 Å². The molecule has 0 aromatic heterocycles. The van der Waals surface area contributed by atoms with Crippen LogP contribution in [0.1, 0.15) is 20.8 Å². The normalized spacial score (nSPS) is 40.0. The zero-order valence-corrected chi connectivity index (χ0v) is 13.7. The summed E-state index contributed by atoms with van der Waals surface area (Å²) in [5, 5.41) is 0. The van der Waals surface area contributed by atoms with Crippen LogP contribution in [0.2, 0.25) is 0 Å². The average molecular weight is 336 g/mol. The van der Waals surface area contributed by atoms with Gasteiger partial charge in [-0.2, -0.15) is 0 Å². The quantitative estimate of drug-likeness (QED) is 0.533. The molecule has 4 atom stereocenters. The summed E-state index contributed by atoms with van der Waals surface area (Å²) >= 11 is 25.1. The largest absolute Gasteiger partial charge is 0.353 e. The Morgan fingerprint density at radius 2 is 1.39 bits per heavy atom. The van der Waals surface area contributed by atoms with E-state index in [1.165, 1.54) is 0 Å². The Morgan fingerprint density at radius 1 is 0.944 bits per heavy atom. The van der Waals surface area contributed by atoms with Crippen molar-refractivity contribution in [2.75, 3.05) is 13.2 Å². The van der Waals surface area contributed by atoms with Gasteiger partial charge in [0, 0.05) is 31.0 Å². The van der Waals surface area contributed by atoms with Crippen LogP contribution in [0.5, 0.6) is 0 Å². The Kier molecular flexibility index (Phi) is 4.40. The predicted octanol–water partition coefficient (Wildman–Crippen LogP) is 4.25. The molecule has 0 aromatic carbocycles. The third-order valence-corrected chi connectivity index (χ3v) is 6.19. The molecule has 2 aliphatic rings. The van der Waals surface area contributed by atoms with Crippen LogP contribution in [0.15, 0.2) is 0 Å². The fourth-order valence-corrected chi connectivity index (χ4v) is 4.52. The fourth-order valence-electron chi connectivity index (χ4n) is 2.83. The molecule has 2 aliphatic carbocycles. The molecular weight excluding hydrogens is 318 g/mol. The maximum Gasteiger partial charge on any atom is 0.163 e. The topological polar surface area (TPSA) is 18.5 Å². The van der Waals surface area contributed by atoms with Gasteiger partial charge in [-0.25, -0.2) is 0 Å². The van der Waals surface area contributed by atoms with E-state index < -0.39 is 8.67 Å². The van der Waals surface area contributed by atoms with Gasteiger partial charge in [0.1, 0.15) is 8.67 Å². The maximum atomic E-state index is 6.36. The number of rotatable bonds is 6. The fraction of sp³-hybridized carbons (Fsp3) is 1.00. The lowest BCUT2D eigenvalue weighted by Gasteiger charge is -2.17. The molecule has 2 rings (SSSR count). The predicted molar refractivity (Wildman–Crippen MR) is 75.5 cm³/mol. The van der Waals surface area contributed by atoms with Crippen LogP contribution in [0.25, 0.3) is 0 Å². The second kappa shape index (κ2) is 5.13. The summed E-state index contributed by atoms with van der Waals surface area (Å²) in [6.07, 6.45) is -0.378. The van der Waals surface area contributed by atoms with Crippen molar-refractivity contribution in [3.8, 4) is 0 Å². The molecule has 18 heavy (non-hydrogen) atoms. The summed E-state index contributed by atoms with van der Waals surface area (Å²) in [5.74, 6) is 0.294. The zero-order valence-electron chi connectivity index (χ0n) is 10.6. The molecule has 0 saturated heterocycles. The smallest absolute Gasteiger partial charge is 0.163 e. The Balaban J connectivity index is 2.06. The molecule has 6 heteroatoms. The zero-order chi connectivity index (χ0) is 13.7. The van der Waals surface area contributed by atoms with Crippen molar-refractivity contribution >= 4 is 46.4 Å². The molecule has 0 amide bonds. The second-order valence-corrected chi connectivity index (χ2v) is 7.88. The van der Waals surface area contributed by atoms with Gasteiger partial charge in [0.15, 0.2) is 6.29 Å². The molecule has 2 saturated carbocycles. The highest BCUT2D eigenvalue weighted by atomic mass is 35.5. The van der Waals surface area contributed by atoms with Crippen molar-refractivity contribution in [1.29, 1.82) is 0 Å². The highest BCUT2D eigenvalue weighted by molar-refractivity contribution is 6.53. The van der Waals surface area contributed by atoms with E-state index in [9.17, 15) is 0 Å². The molecule has 0 heterocycles. The molecule has 0 radical (unpaired) electrons. The molecule has 0 aliphatic heterocycles. The van der Waals surface area contributed by atoms with E-state index in [1.807, 2.05) is 20.8 Å². The standard InChI is InChI=1S/C12H18Cl4O2/c1-4-17-10(18-5-2)9-8(12(9,15)16)7-6(3)11(7,13)14/h6-10H,4-5H2,1-3H3. The molecule has 0 bridgehead atoms. The van der Waals surface area contributed by atoms with Gasteiger partial charge < -0.3 is 9.47 Å². The lowest BCUT2D eigenvalue weighted by Crippen LogP contribution is -2.23. The summed E-state index contributed by atoms with van der Waals surface area (Å²) in [6.45, 7) is 6.97. The number of halogens is 4. The minimum atomic E-state index is -0.848. The monoisotopic (exact) mass is 334 g/mol. The van der Waals surface area contributed by atoms with Crippen LogP contribution >= 0.6 is 46.4 Å². The van der Waals surface area contributed by atoms with E-state index in [0.29, 0.717) is 13.2 Å². The Hall–Kier alpha value is 1.08. The Bertz CT molecular complexity index is 315. The molecule has 106 valence electrons. The van der Waals surface area contributed by atoms with Gasteiger partial charge >= 0.3 is 0 Å². The Labute approximate surface area is 128 Å². The number of ether oxygens (including phenoxy) is 2. The van der Waals surface area contributed by atoms with E-state index in [-0.39, 0.29) is 30.0 Å². The van der Waals surface area contributed by atoms with Crippen molar-refractivity contribution in [2.24, 2.45) is 23.7 Å². The first-order chi connectivity index (χ1) is 8.30. The van der Waals surface area contributed by atoms with E-state index in [2.05, 4.69) is 0 Å². The van der Waals surface area contributed by atoms with Gasteiger partial charge in [-0.1, -0.05) is 6.92 Å². The molecule has 4 unspecified atom stereocenters. The first-order valence-electron chi connectivity index (χ1n) is 6.28. The summed E-state index contributed by atoms with van der Waals surface area (Å²) < 4.78 is 9.59. The number of hydrogen-bond donors (Lipinski definition) is 0. The average Bonchev–Trinajstić information content (AvgIpc) is 2.98. The van der Waals surface area contributed by atoms with Gasteiger partial charge in [-0.15, -0.1) is 46.4 Å². The van der Waals surface area contributed by atoms with Crippen LogP contribution in [0.4, 0.5) is 0 Å². The third kappa shape index (κ3) is 2.38. The van der Waals surface area contributed by atoms with Crippen LogP contribution < -0.4 is 0 Å². The van der Waals surface area contributed by atoms with Crippen LogP contribution in [0.3, 0.4) is 0 Å². The van der Waals surface area contributed by atoms with Gasteiger partial charge in [-0.05, 0) is 19.8 Å². The first kappa shape index (κ1) is 15.5. The minimum absolute atomic E-state index is 0.0360. The number of hydrogen-bond acceptors (Lipinski definition) is 2. The molecule has 2 fully saturated rings. The summed E-state index contributed by atoms with van der Waals surface area (Å²) in [5.41, 5.74) is 0. The van der Waals surface area contributed by atoms with E-state index in [0.717, 1.165) is 0 Å². The first-order valence-corrected chi connectivity index (χ1v) is 7.80. The molecule has 0 aromatic rings. The highest BCUT2D eigenvalue weighted by Gasteiger charge is 2.79. The molecular formula is C12H18Cl4O2. The lowest BCUT2D eigenvalue weighted by molar-refractivity contribution is -0.151. The molecule has 0 spiro atoms. The molecule has 0 N–H and O–H groups in total. The number of alkyl halides is 4. The lowest BCUT2D eigenvalue weighted by atomic mass is 10.2. The van der Waals surface area contributed by atoms with Crippen LogP contribution in [0, 0.1) is 23.7 Å². The van der Waals surface area contributed by atoms with Crippen LogP contribution in [-0.2, 0) is 9.47 Å². The van der Waals surface area contributed by atoms with Gasteiger partial charge in [-0.3, -0.25) is 0 Å². The van der Waals surface area contributed by atoms with Gasteiger partial charge in [0.2, 0.25) is 0 Å².